The Morgan fingerprint density at radius 3 is 0.857 bits per heavy atom. The fourth-order valence-corrected chi connectivity index (χ4v) is 3.60. The molecule has 0 aromatic heterocycles. The second-order valence-corrected chi connectivity index (χ2v) is 8.52. The molecule has 0 aliphatic heterocycles. The van der Waals surface area contributed by atoms with Crippen LogP contribution in [0.4, 0.5) is 0 Å². The highest BCUT2D eigenvalue weighted by atomic mass is 16.4. The average molecular weight is 400 g/mol. The highest BCUT2D eigenvalue weighted by molar-refractivity contribution is 4.53. The zero-order chi connectivity index (χ0) is 21.0. The second-order valence-electron chi connectivity index (χ2n) is 8.52. The van der Waals surface area contributed by atoms with Crippen molar-refractivity contribution < 1.29 is 4.74 Å². The molecule has 0 atom stereocenters. The fraction of sp³-hybridized carbons (Fsp3) is 1.00. The lowest BCUT2D eigenvalue weighted by atomic mass is 10.1. The highest BCUT2D eigenvalue weighted by Crippen LogP contribution is 2.11. The summed E-state index contributed by atoms with van der Waals surface area (Å²) in [7, 11) is 3.25. The Morgan fingerprint density at radius 1 is 0.393 bits per heavy atom. The maximum atomic E-state index is 4.25. The number of hydrogen-bond donors (Lipinski definition) is 1. The van der Waals surface area contributed by atoms with Crippen LogP contribution in [0.15, 0.2) is 0 Å². The summed E-state index contributed by atoms with van der Waals surface area (Å²) in [4.78, 5) is 0. The van der Waals surface area contributed by atoms with E-state index in [1.165, 1.54) is 142 Å². The number of nitrogens with one attached hydrogen (secondary N) is 1. The largest absolute Gasteiger partial charge is 0.388 e. The Balaban J connectivity index is 0. The Kier molecular flexibility index (Phi) is 34.0. The third-order valence-corrected chi connectivity index (χ3v) is 5.41. The Hall–Kier alpha value is -0.0800. The Morgan fingerprint density at radius 2 is 0.607 bits per heavy atom. The van der Waals surface area contributed by atoms with E-state index < -0.39 is 0 Å². The molecule has 0 amide bonds. The van der Waals surface area contributed by atoms with Crippen LogP contribution >= 0.6 is 0 Å². The van der Waals surface area contributed by atoms with Gasteiger partial charge in [0, 0.05) is 14.2 Å². The van der Waals surface area contributed by atoms with Crippen molar-refractivity contribution >= 4 is 0 Å². The first-order chi connectivity index (χ1) is 13.8. The van der Waals surface area contributed by atoms with Gasteiger partial charge in [0.15, 0.2) is 0 Å². The van der Waals surface area contributed by atoms with Gasteiger partial charge in [-0.1, -0.05) is 129 Å². The summed E-state index contributed by atoms with van der Waals surface area (Å²) in [5.74, 6) is 0. The van der Waals surface area contributed by atoms with Crippen molar-refractivity contribution in [3.63, 3.8) is 0 Å². The van der Waals surface area contributed by atoms with Gasteiger partial charge in [-0.2, -0.15) is 0 Å². The molecule has 0 unspecified atom stereocenters. The second kappa shape index (κ2) is 31.6. The first-order valence-electron chi connectivity index (χ1n) is 12.9. The first-order valence-corrected chi connectivity index (χ1v) is 12.9. The lowest BCUT2D eigenvalue weighted by Crippen LogP contribution is -2.16. The zero-order valence-corrected chi connectivity index (χ0v) is 20.5. The van der Waals surface area contributed by atoms with Gasteiger partial charge in [-0.3, -0.25) is 0 Å². The summed E-state index contributed by atoms with van der Waals surface area (Å²) in [6.07, 6.45) is 28.8. The summed E-state index contributed by atoms with van der Waals surface area (Å²) < 4.78 is 4.25. The molecule has 2 nitrogen and oxygen atoms in total. The van der Waals surface area contributed by atoms with Crippen molar-refractivity contribution in [3.05, 3.63) is 0 Å². The van der Waals surface area contributed by atoms with Crippen LogP contribution in [-0.2, 0) is 4.74 Å². The minimum atomic E-state index is 1.24. The number of rotatable bonds is 22. The van der Waals surface area contributed by atoms with Crippen LogP contribution in [0.1, 0.15) is 142 Å². The highest BCUT2D eigenvalue weighted by Gasteiger charge is 1.94. The van der Waals surface area contributed by atoms with E-state index in [9.17, 15) is 0 Å². The van der Waals surface area contributed by atoms with E-state index in [1.807, 2.05) is 0 Å². The average Bonchev–Trinajstić information content (AvgIpc) is 2.70. The third-order valence-electron chi connectivity index (χ3n) is 5.41. The molecule has 0 aromatic rings. The lowest BCUT2D eigenvalue weighted by molar-refractivity contribution is 0.277. The molecule has 0 rings (SSSR count). The van der Waals surface area contributed by atoms with Crippen molar-refractivity contribution in [1.29, 1.82) is 0 Å². The summed E-state index contributed by atoms with van der Waals surface area (Å²) in [6, 6.07) is 0. The quantitative estimate of drug-likeness (QED) is 0.184. The van der Waals surface area contributed by atoms with Gasteiger partial charge in [0.25, 0.3) is 0 Å². The van der Waals surface area contributed by atoms with Gasteiger partial charge < -0.3 is 10.1 Å². The van der Waals surface area contributed by atoms with Gasteiger partial charge >= 0.3 is 0 Å². The van der Waals surface area contributed by atoms with Crippen LogP contribution < -0.4 is 5.32 Å². The van der Waals surface area contributed by atoms with Crippen molar-refractivity contribution in [2.24, 2.45) is 0 Å². The molecular weight excluding hydrogens is 342 g/mol. The topological polar surface area (TPSA) is 21.3 Å². The molecule has 2 heteroatoms. The Bertz CT molecular complexity index is 210. The monoisotopic (exact) mass is 399 g/mol. The minimum Gasteiger partial charge on any atom is -0.388 e. The predicted octanol–water partition coefficient (Wildman–Crippen LogP) is 8.68. The van der Waals surface area contributed by atoms with Gasteiger partial charge in [-0.05, 0) is 25.9 Å². The summed E-state index contributed by atoms with van der Waals surface area (Å²) in [5.41, 5.74) is 0. The minimum absolute atomic E-state index is 1.24. The molecule has 0 saturated heterocycles. The van der Waals surface area contributed by atoms with Crippen LogP contribution in [0.5, 0.6) is 0 Å². The predicted molar refractivity (Wildman–Crippen MR) is 129 cm³/mol. The van der Waals surface area contributed by atoms with Crippen LogP contribution in [0.3, 0.4) is 0 Å². The lowest BCUT2D eigenvalue weighted by Gasteiger charge is -2.05. The summed E-state index contributed by atoms with van der Waals surface area (Å²) >= 11 is 0. The van der Waals surface area contributed by atoms with Gasteiger partial charge in [-0.25, -0.2) is 0 Å². The third kappa shape index (κ3) is 33.5. The van der Waals surface area contributed by atoms with E-state index in [2.05, 4.69) is 23.9 Å². The molecule has 0 aromatic carbocycles. The van der Waals surface area contributed by atoms with Crippen LogP contribution in [0, 0.1) is 0 Å². The summed E-state index contributed by atoms with van der Waals surface area (Å²) in [6.45, 7) is 7.08. The van der Waals surface area contributed by atoms with Crippen molar-refractivity contribution in [2.75, 3.05) is 27.3 Å². The van der Waals surface area contributed by atoms with Crippen molar-refractivity contribution in [1.82, 2.24) is 5.32 Å². The SMILES string of the molecule is CCCCCCCCCCCCNCCCCCCCCCCCC.COC. The number of unbranched alkanes of at least 4 members (excludes halogenated alkanes) is 18. The maximum Gasteiger partial charge on any atom is 0.0351 e. The fourth-order valence-electron chi connectivity index (χ4n) is 3.60. The Labute approximate surface area is 180 Å². The molecule has 0 aliphatic rings. The molecule has 0 fully saturated rings. The van der Waals surface area contributed by atoms with E-state index in [0.717, 1.165) is 0 Å². The zero-order valence-electron chi connectivity index (χ0n) is 20.5. The number of hydrogen-bond acceptors (Lipinski definition) is 2. The van der Waals surface area contributed by atoms with Gasteiger partial charge in [-0.15, -0.1) is 0 Å². The van der Waals surface area contributed by atoms with Crippen molar-refractivity contribution in [2.45, 2.75) is 142 Å². The molecule has 0 saturated carbocycles. The normalized spacial score (nSPS) is 10.7. The molecule has 0 heterocycles. The smallest absolute Gasteiger partial charge is 0.0351 e. The molecule has 0 aliphatic carbocycles. The molecule has 0 radical (unpaired) electrons. The number of methoxy groups -OCH3 is 1. The standard InChI is InChI=1S/C24H51N.C2H6O/c1-3-5-7-9-11-13-15-17-19-21-23-25-24-22-20-18-16-14-12-10-8-6-4-2;1-3-2/h25H,3-24H2,1-2H3;1-2H3. The maximum absolute atomic E-state index is 4.25. The van der Waals surface area contributed by atoms with E-state index in [1.54, 1.807) is 14.2 Å². The number of ether oxygens (including phenoxy) is 1. The van der Waals surface area contributed by atoms with Crippen LogP contribution in [0.2, 0.25) is 0 Å². The van der Waals surface area contributed by atoms with E-state index >= 15 is 0 Å². The first kappa shape index (κ1) is 30.1. The van der Waals surface area contributed by atoms with Crippen LogP contribution in [0.25, 0.3) is 0 Å². The molecular formula is C26H57NO. The molecule has 0 bridgehead atoms. The van der Waals surface area contributed by atoms with E-state index in [-0.39, 0.29) is 0 Å². The van der Waals surface area contributed by atoms with E-state index in [0.29, 0.717) is 0 Å². The molecule has 172 valence electrons. The summed E-state index contributed by atoms with van der Waals surface area (Å²) in [5, 5.41) is 3.64. The van der Waals surface area contributed by atoms with Gasteiger partial charge in [0.05, 0.1) is 0 Å². The van der Waals surface area contributed by atoms with Crippen LogP contribution in [-0.4, -0.2) is 27.3 Å². The van der Waals surface area contributed by atoms with Gasteiger partial charge in [0.1, 0.15) is 0 Å². The molecule has 1 N–H and O–H groups in total. The van der Waals surface area contributed by atoms with Gasteiger partial charge in [0.2, 0.25) is 0 Å². The van der Waals surface area contributed by atoms with Crippen molar-refractivity contribution in [3.8, 4) is 0 Å². The van der Waals surface area contributed by atoms with E-state index in [4.69, 9.17) is 0 Å². The molecule has 0 spiro atoms. The molecule has 28 heavy (non-hydrogen) atoms.